The second-order valence-electron chi connectivity index (χ2n) is 9.22. The Morgan fingerprint density at radius 1 is 0.562 bits per heavy atom. The number of benzene rings is 2. The van der Waals surface area contributed by atoms with Crippen LogP contribution in [-0.4, -0.2) is 16.9 Å². The highest BCUT2D eigenvalue weighted by Gasteiger charge is 2.21. The highest BCUT2D eigenvalue weighted by atomic mass is 31.1. The summed E-state index contributed by atoms with van der Waals surface area (Å²) in [4.78, 5) is 0. The van der Waals surface area contributed by atoms with Crippen LogP contribution in [0.15, 0.2) is 24.3 Å². The molecule has 2 N–H and O–H groups in total. The van der Waals surface area contributed by atoms with Crippen LogP contribution >= 0.6 is 7.92 Å². The van der Waals surface area contributed by atoms with E-state index in [1.807, 2.05) is 0 Å². The van der Waals surface area contributed by atoms with Crippen molar-refractivity contribution < 1.29 is 10.2 Å². The summed E-state index contributed by atoms with van der Waals surface area (Å²) < 4.78 is 0. The van der Waals surface area contributed by atoms with E-state index in [0.29, 0.717) is 11.5 Å². The average molecular weight is 457 g/mol. The number of hydrogen-bond acceptors (Lipinski definition) is 2. The monoisotopic (exact) mass is 456 g/mol. The lowest BCUT2D eigenvalue weighted by atomic mass is 10.0. The van der Waals surface area contributed by atoms with Crippen LogP contribution in [0.5, 0.6) is 11.5 Å². The standard InChI is InChI=1S/C29H45O2P/c1-6-10-14-22-18-24(16-12-8-3)28(30)26(20-22)32(5)27-21-23(15-11-7-2)19-25(29(27)31)17-13-9-4/h18-21,30-31H,6-17H2,1-5H3. The van der Waals surface area contributed by atoms with Gasteiger partial charge < -0.3 is 10.2 Å². The topological polar surface area (TPSA) is 40.5 Å². The fourth-order valence-corrected chi connectivity index (χ4v) is 6.19. The number of unbranched alkanes of at least 4 members (excludes halogenated alkanes) is 4. The Balaban J connectivity index is 2.54. The Labute approximate surface area is 198 Å². The molecule has 0 amide bonds. The molecule has 0 aliphatic carbocycles. The second kappa shape index (κ2) is 13.9. The molecule has 2 aromatic rings. The molecule has 0 saturated heterocycles. The normalized spacial score (nSPS) is 11.4. The fourth-order valence-electron chi connectivity index (χ4n) is 4.29. The molecular weight excluding hydrogens is 411 g/mol. The van der Waals surface area contributed by atoms with Crippen LogP contribution in [0.1, 0.15) is 101 Å². The van der Waals surface area contributed by atoms with Crippen LogP contribution in [-0.2, 0) is 25.7 Å². The maximum absolute atomic E-state index is 11.2. The van der Waals surface area contributed by atoms with Crippen molar-refractivity contribution in [3.8, 4) is 11.5 Å². The third-order valence-corrected chi connectivity index (χ3v) is 8.54. The minimum atomic E-state index is -0.837. The molecule has 0 aliphatic heterocycles. The van der Waals surface area contributed by atoms with Crippen molar-refractivity contribution in [2.75, 3.05) is 6.66 Å². The Morgan fingerprint density at radius 2 is 0.906 bits per heavy atom. The zero-order chi connectivity index (χ0) is 23.5. The van der Waals surface area contributed by atoms with Gasteiger partial charge in [-0.15, -0.1) is 0 Å². The van der Waals surface area contributed by atoms with E-state index in [9.17, 15) is 10.2 Å². The summed E-state index contributed by atoms with van der Waals surface area (Å²) in [6.45, 7) is 11.1. The zero-order valence-electron chi connectivity index (χ0n) is 21.1. The van der Waals surface area contributed by atoms with E-state index in [1.54, 1.807) is 0 Å². The minimum Gasteiger partial charge on any atom is -0.507 e. The van der Waals surface area contributed by atoms with Gasteiger partial charge in [-0.2, -0.15) is 0 Å². The molecule has 2 aromatic carbocycles. The predicted octanol–water partition coefficient (Wildman–Crippen LogP) is 7.53. The molecule has 32 heavy (non-hydrogen) atoms. The number of phenolic OH excluding ortho intramolecular Hbond substituents is 2. The van der Waals surface area contributed by atoms with Gasteiger partial charge in [0.2, 0.25) is 0 Å². The smallest absolute Gasteiger partial charge is 0.126 e. The molecule has 0 atom stereocenters. The summed E-state index contributed by atoms with van der Waals surface area (Å²) in [5.41, 5.74) is 4.82. The molecule has 2 rings (SSSR count). The number of aromatic hydroxyl groups is 2. The van der Waals surface area contributed by atoms with Gasteiger partial charge in [0.1, 0.15) is 11.5 Å². The Kier molecular flexibility index (Phi) is 11.6. The van der Waals surface area contributed by atoms with E-state index in [-0.39, 0.29) is 0 Å². The summed E-state index contributed by atoms with van der Waals surface area (Å²) >= 11 is 0. The Hall–Kier alpha value is -1.53. The lowest BCUT2D eigenvalue weighted by Gasteiger charge is -2.22. The predicted molar refractivity (Wildman–Crippen MR) is 143 cm³/mol. The number of phenols is 2. The third kappa shape index (κ3) is 7.24. The maximum Gasteiger partial charge on any atom is 0.126 e. The molecule has 0 unspecified atom stereocenters. The van der Waals surface area contributed by atoms with Crippen LogP contribution < -0.4 is 10.6 Å². The lowest BCUT2D eigenvalue weighted by Crippen LogP contribution is -2.16. The van der Waals surface area contributed by atoms with E-state index in [4.69, 9.17) is 0 Å². The molecule has 2 nitrogen and oxygen atoms in total. The van der Waals surface area contributed by atoms with Gasteiger partial charge in [-0.05, 0) is 100 Å². The van der Waals surface area contributed by atoms with E-state index in [2.05, 4.69) is 58.6 Å². The van der Waals surface area contributed by atoms with Crippen LogP contribution in [0.3, 0.4) is 0 Å². The molecule has 3 heteroatoms. The molecule has 0 spiro atoms. The van der Waals surface area contributed by atoms with Crippen molar-refractivity contribution in [1.29, 1.82) is 0 Å². The van der Waals surface area contributed by atoms with Gasteiger partial charge in [-0.25, -0.2) is 0 Å². The van der Waals surface area contributed by atoms with Gasteiger partial charge in [0.15, 0.2) is 0 Å². The number of aryl methyl sites for hydroxylation is 4. The van der Waals surface area contributed by atoms with Crippen molar-refractivity contribution in [3.63, 3.8) is 0 Å². The highest BCUT2D eigenvalue weighted by Crippen LogP contribution is 2.40. The summed E-state index contributed by atoms with van der Waals surface area (Å²) in [6, 6.07) is 8.88. The van der Waals surface area contributed by atoms with Crippen LogP contribution in [0.4, 0.5) is 0 Å². The molecule has 0 aromatic heterocycles. The van der Waals surface area contributed by atoms with Crippen molar-refractivity contribution in [3.05, 3.63) is 46.5 Å². The summed E-state index contributed by atoms with van der Waals surface area (Å²) in [5, 5.41) is 24.6. The molecule has 0 saturated carbocycles. The second-order valence-corrected chi connectivity index (χ2v) is 11.3. The number of rotatable bonds is 14. The van der Waals surface area contributed by atoms with Crippen molar-refractivity contribution >= 4 is 18.5 Å². The average Bonchev–Trinajstić information content (AvgIpc) is 2.80. The molecule has 0 aliphatic rings. The lowest BCUT2D eigenvalue weighted by molar-refractivity contribution is 0.470. The summed E-state index contributed by atoms with van der Waals surface area (Å²) in [7, 11) is -0.837. The first kappa shape index (κ1) is 26.7. The molecule has 178 valence electrons. The molecule has 0 fully saturated rings. The highest BCUT2D eigenvalue weighted by molar-refractivity contribution is 7.72. The maximum atomic E-state index is 11.2. The van der Waals surface area contributed by atoms with Gasteiger partial charge in [0, 0.05) is 10.6 Å². The Bertz CT molecular complexity index is 774. The van der Waals surface area contributed by atoms with E-state index < -0.39 is 7.92 Å². The van der Waals surface area contributed by atoms with Crippen LogP contribution in [0.25, 0.3) is 0 Å². The fraction of sp³-hybridized carbons (Fsp3) is 0.586. The molecule has 0 bridgehead atoms. The van der Waals surface area contributed by atoms with Crippen LogP contribution in [0.2, 0.25) is 0 Å². The SMILES string of the molecule is CCCCc1cc(CCCC)c(O)c(P(C)c2cc(CCCC)cc(CCCC)c2O)c1. The van der Waals surface area contributed by atoms with Gasteiger partial charge in [0.25, 0.3) is 0 Å². The van der Waals surface area contributed by atoms with Gasteiger partial charge in [0.05, 0.1) is 0 Å². The van der Waals surface area contributed by atoms with Gasteiger partial charge >= 0.3 is 0 Å². The van der Waals surface area contributed by atoms with Crippen molar-refractivity contribution in [2.24, 2.45) is 0 Å². The zero-order valence-corrected chi connectivity index (χ0v) is 22.0. The minimum absolute atomic E-state index is 0.459. The first-order valence-electron chi connectivity index (χ1n) is 12.9. The largest absolute Gasteiger partial charge is 0.507 e. The van der Waals surface area contributed by atoms with Gasteiger partial charge in [-0.3, -0.25) is 0 Å². The van der Waals surface area contributed by atoms with Crippen molar-refractivity contribution in [2.45, 2.75) is 105 Å². The van der Waals surface area contributed by atoms with E-state index in [1.165, 1.54) is 24.0 Å². The molecule has 0 radical (unpaired) electrons. The Morgan fingerprint density at radius 3 is 1.25 bits per heavy atom. The summed E-state index contributed by atoms with van der Waals surface area (Å²) in [6.07, 6.45) is 13.0. The third-order valence-electron chi connectivity index (χ3n) is 6.42. The molecular formula is C29H45O2P. The first-order valence-corrected chi connectivity index (χ1v) is 14.7. The number of hydrogen-bond donors (Lipinski definition) is 2. The quantitative estimate of drug-likeness (QED) is 0.288. The summed E-state index contributed by atoms with van der Waals surface area (Å²) in [5.74, 6) is 0.918. The van der Waals surface area contributed by atoms with Crippen molar-refractivity contribution in [1.82, 2.24) is 0 Å². The molecule has 0 heterocycles. The van der Waals surface area contributed by atoms with E-state index >= 15 is 0 Å². The van der Waals surface area contributed by atoms with Gasteiger partial charge in [-0.1, -0.05) is 65.5 Å². The van der Waals surface area contributed by atoms with Crippen LogP contribution in [0, 0.1) is 0 Å². The first-order chi connectivity index (χ1) is 15.5. The van der Waals surface area contributed by atoms with E-state index in [0.717, 1.165) is 85.9 Å².